The molecular formula is C23H25FN2OS2. The van der Waals surface area contributed by atoms with Crippen LogP contribution in [-0.2, 0) is 12.8 Å². The van der Waals surface area contributed by atoms with Crippen LogP contribution in [0.2, 0.25) is 0 Å². The Kier molecular flexibility index (Phi) is 5.51. The number of hydrogen-bond donors (Lipinski definition) is 0. The topological polar surface area (TPSA) is 42.9 Å². The first-order chi connectivity index (χ1) is 13.7. The standard InChI is InChI=1S/C23H25FN2OS2/c1-13-9-14(5-8-17(13)24)18(27)11-28-21-20-16-7-6-15(23(2,3)4)10-19(16)29-22(20)26-12-25-21/h5,8-9,12,15H,6-7,10-11H2,1-4H3. The zero-order chi connectivity index (χ0) is 20.8. The number of nitrogens with zero attached hydrogens (tertiary/aromatic N) is 2. The molecule has 1 aliphatic rings. The Labute approximate surface area is 179 Å². The van der Waals surface area contributed by atoms with Crippen LogP contribution in [0.1, 0.15) is 53.6 Å². The summed E-state index contributed by atoms with van der Waals surface area (Å²) in [5.74, 6) is 0.661. The third-order valence-electron chi connectivity index (χ3n) is 5.86. The lowest BCUT2D eigenvalue weighted by atomic mass is 9.72. The van der Waals surface area contributed by atoms with Gasteiger partial charge in [-0.15, -0.1) is 11.3 Å². The summed E-state index contributed by atoms with van der Waals surface area (Å²) < 4.78 is 13.5. The first-order valence-corrected chi connectivity index (χ1v) is 11.7. The summed E-state index contributed by atoms with van der Waals surface area (Å²) in [6, 6.07) is 4.53. The number of rotatable bonds is 4. The van der Waals surface area contributed by atoms with E-state index in [1.54, 1.807) is 36.7 Å². The molecule has 1 atom stereocenters. The van der Waals surface area contributed by atoms with E-state index in [0.717, 1.165) is 28.1 Å². The van der Waals surface area contributed by atoms with Crippen LogP contribution < -0.4 is 0 Å². The Hall–Kier alpha value is -1.79. The fraction of sp³-hybridized carbons (Fsp3) is 0.435. The summed E-state index contributed by atoms with van der Waals surface area (Å²) in [6.07, 6.45) is 4.91. The van der Waals surface area contributed by atoms with E-state index in [0.29, 0.717) is 22.5 Å². The molecule has 1 aromatic carbocycles. The summed E-state index contributed by atoms with van der Waals surface area (Å²) in [5.41, 5.74) is 2.71. The van der Waals surface area contributed by atoms with Crippen LogP contribution >= 0.6 is 23.1 Å². The minimum absolute atomic E-state index is 0.0123. The number of fused-ring (bicyclic) bond motifs is 3. The maximum absolute atomic E-state index is 13.5. The molecule has 0 saturated carbocycles. The summed E-state index contributed by atoms with van der Waals surface area (Å²) in [4.78, 5) is 24.1. The van der Waals surface area contributed by atoms with Crippen molar-refractivity contribution in [3.8, 4) is 0 Å². The van der Waals surface area contributed by atoms with Gasteiger partial charge in [0.2, 0.25) is 0 Å². The lowest BCUT2D eigenvalue weighted by molar-refractivity contribution is 0.102. The third kappa shape index (κ3) is 4.10. The van der Waals surface area contributed by atoms with Crippen LogP contribution in [0.3, 0.4) is 0 Å². The van der Waals surface area contributed by atoms with Gasteiger partial charge in [-0.25, -0.2) is 14.4 Å². The van der Waals surface area contributed by atoms with Crippen molar-refractivity contribution < 1.29 is 9.18 Å². The van der Waals surface area contributed by atoms with E-state index in [1.165, 1.54) is 34.7 Å². The van der Waals surface area contributed by atoms with E-state index < -0.39 is 0 Å². The summed E-state index contributed by atoms with van der Waals surface area (Å²) in [6.45, 7) is 8.63. The fourth-order valence-corrected chi connectivity index (χ4v) is 6.22. The molecule has 0 radical (unpaired) electrons. The molecule has 1 unspecified atom stereocenters. The van der Waals surface area contributed by atoms with Gasteiger partial charge in [-0.3, -0.25) is 4.79 Å². The monoisotopic (exact) mass is 428 g/mol. The van der Waals surface area contributed by atoms with Crippen LogP contribution in [0, 0.1) is 24.1 Å². The highest BCUT2D eigenvalue weighted by molar-refractivity contribution is 8.00. The number of thiophene rings is 1. The van der Waals surface area contributed by atoms with Crippen molar-refractivity contribution in [2.24, 2.45) is 11.3 Å². The number of hydrogen-bond acceptors (Lipinski definition) is 5. The number of aryl methyl sites for hydroxylation is 2. The van der Waals surface area contributed by atoms with Gasteiger partial charge < -0.3 is 0 Å². The van der Waals surface area contributed by atoms with Gasteiger partial charge in [0.25, 0.3) is 0 Å². The van der Waals surface area contributed by atoms with E-state index in [2.05, 4.69) is 30.7 Å². The number of benzene rings is 1. The van der Waals surface area contributed by atoms with Gasteiger partial charge in [0.05, 0.1) is 5.75 Å². The highest BCUT2D eigenvalue weighted by Gasteiger charge is 2.31. The van der Waals surface area contributed by atoms with Gasteiger partial charge in [-0.05, 0) is 66.8 Å². The molecule has 0 aliphatic heterocycles. The normalized spacial score (nSPS) is 16.8. The van der Waals surface area contributed by atoms with Crippen LogP contribution in [0.25, 0.3) is 10.2 Å². The van der Waals surface area contributed by atoms with E-state index in [-0.39, 0.29) is 17.4 Å². The van der Waals surface area contributed by atoms with Gasteiger partial charge >= 0.3 is 0 Å². The van der Waals surface area contributed by atoms with Crippen molar-refractivity contribution in [3.63, 3.8) is 0 Å². The van der Waals surface area contributed by atoms with Crippen LogP contribution in [-0.4, -0.2) is 21.5 Å². The number of carbonyl (C=O) groups excluding carboxylic acids is 1. The zero-order valence-corrected chi connectivity index (χ0v) is 18.8. The lowest BCUT2D eigenvalue weighted by Crippen LogP contribution is -2.26. The molecule has 3 nitrogen and oxygen atoms in total. The SMILES string of the molecule is Cc1cc(C(=O)CSc2ncnc3sc4c(c23)CCC(C(C)(C)C)C4)ccc1F. The molecule has 1 aliphatic carbocycles. The predicted octanol–water partition coefficient (Wildman–Crippen LogP) is 6.26. The Balaban J connectivity index is 1.58. The molecule has 0 bridgehead atoms. The number of aromatic nitrogens is 2. The van der Waals surface area contributed by atoms with E-state index >= 15 is 0 Å². The largest absolute Gasteiger partial charge is 0.293 e. The number of carbonyl (C=O) groups is 1. The van der Waals surface area contributed by atoms with Crippen molar-refractivity contribution in [3.05, 3.63) is 51.9 Å². The fourth-order valence-electron chi connectivity index (χ4n) is 3.97. The minimum atomic E-state index is -0.287. The van der Waals surface area contributed by atoms with Crippen molar-refractivity contribution >= 4 is 39.1 Å². The van der Waals surface area contributed by atoms with Crippen LogP contribution in [0.5, 0.6) is 0 Å². The van der Waals surface area contributed by atoms with E-state index in [1.807, 2.05) is 0 Å². The first-order valence-electron chi connectivity index (χ1n) is 9.91. The van der Waals surface area contributed by atoms with Gasteiger partial charge in [-0.1, -0.05) is 32.5 Å². The predicted molar refractivity (Wildman–Crippen MR) is 119 cm³/mol. The van der Waals surface area contributed by atoms with Crippen LogP contribution in [0.4, 0.5) is 4.39 Å². The highest BCUT2D eigenvalue weighted by atomic mass is 32.2. The second-order valence-electron chi connectivity index (χ2n) is 8.84. The molecule has 4 rings (SSSR count). The molecule has 3 aromatic rings. The van der Waals surface area contributed by atoms with Gasteiger partial charge in [0.15, 0.2) is 5.78 Å². The smallest absolute Gasteiger partial charge is 0.173 e. The molecule has 29 heavy (non-hydrogen) atoms. The number of halogens is 1. The Morgan fingerprint density at radius 2 is 2.10 bits per heavy atom. The number of Topliss-reactive ketones (excluding diaryl/α,β-unsaturated/α-hetero) is 1. The molecule has 0 spiro atoms. The Morgan fingerprint density at radius 1 is 1.31 bits per heavy atom. The highest BCUT2D eigenvalue weighted by Crippen LogP contribution is 2.44. The first kappa shape index (κ1) is 20.5. The van der Waals surface area contributed by atoms with Gasteiger partial charge in [0.1, 0.15) is 22.0 Å². The molecule has 6 heteroatoms. The second kappa shape index (κ2) is 7.80. The maximum atomic E-state index is 13.5. The van der Waals surface area contributed by atoms with E-state index in [4.69, 9.17) is 0 Å². The summed E-state index contributed by atoms with van der Waals surface area (Å²) in [5, 5.41) is 2.02. The molecular weight excluding hydrogens is 403 g/mol. The van der Waals surface area contributed by atoms with Crippen molar-refractivity contribution in [1.29, 1.82) is 0 Å². The van der Waals surface area contributed by atoms with Gasteiger partial charge in [-0.2, -0.15) is 0 Å². The zero-order valence-electron chi connectivity index (χ0n) is 17.2. The quantitative estimate of drug-likeness (QED) is 0.279. The van der Waals surface area contributed by atoms with Crippen LogP contribution in [0.15, 0.2) is 29.6 Å². The molecule has 0 N–H and O–H groups in total. The molecule has 0 saturated heterocycles. The van der Waals surface area contributed by atoms with Crippen molar-refractivity contribution in [1.82, 2.24) is 9.97 Å². The number of thioether (sulfide) groups is 1. The molecule has 2 aromatic heterocycles. The molecule has 152 valence electrons. The summed E-state index contributed by atoms with van der Waals surface area (Å²) in [7, 11) is 0. The van der Waals surface area contributed by atoms with Crippen molar-refractivity contribution in [2.45, 2.75) is 52.0 Å². The maximum Gasteiger partial charge on any atom is 0.173 e. The molecule has 0 amide bonds. The van der Waals surface area contributed by atoms with Crippen molar-refractivity contribution in [2.75, 3.05) is 5.75 Å². The molecule has 0 fully saturated rings. The Morgan fingerprint density at radius 3 is 2.83 bits per heavy atom. The summed E-state index contributed by atoms with van der Waals surface area (Å²) >= 11 is 3.24. The van der Waals surface area contributed by atoms with E-state index in [9.17, 15) is 9.18 Å². The minimum Gasteiger partial charge on any atom is -0.293 e. The van der Waals surface area contributed by atoms with Gasteiger partial charge in [0, 0.05) is 15.8 Å². The Bertz CT molecular complexity index is 1080. The average Bonchev–Trinajstić information content (AvgIpc) is 3.06. The third-order valence-corrected chi connectivity index (χ3v) is 8.01. The average molecular weight is 429 g/mol. The molecule has 2 heterocycles. The lowest BCUT2D eigenvalue weighted by Gasteiger charge is -2.33. The second-order valence-corrected chi connectivity index (χ2v) is 10.9. The number of ketones is 1.